The van der Waals surface area contributed by atoms with E-state index in [9.17, 15) is 14.7 Å². The summed E-state index contributed by atoms with van der Waals surface area (Å²) in [6.45, 7) is 15.3. The summed E-state index contributed by atoms with van der Waals surface area (Å²) < 4.78 is 11.8. The minimum Gasteiger partial charge on any atom is -0.462 e. The highest BCUT2D eigenvalue weighted by Gasteiger charge is 2.72. The van der Waals surface area contributed by atoms with E-state index in [1.807, 2.05) is 6.08 Å². The second-order valence-electron chi connectivity index (χ2n) is 14.2. The number of ketones is 1. The third kappa shape index (κ3) is 3.27. The van der Waals surface area contributed by atoms with Crippen LogP contribution in [0.2, 0.25) is 0 Å². The quantitative estimate of drug-likeness (QED) is 0.400. The van der Waals surface area contributed by atoms with Crippen LogP contribution in [0.4, 0.5) is 0 Å². The molecule has 0 amide bonds. The molecule has 0 aromatic heterocycles. The molecule has 4 fully saturated rings. The van der Waals surface area contributed by atoms with E-state index >= 15 is 0 Å². The molecule has 5 heteroatoms. The molecule has 0 radical (unpaired) electrons. The lowest BCUT2D eigenvalue weighted by Crippen LogP contribution is -2.64. The highest BCUT2D eigenvalue weighted by Crippen LogP contribution is 2.74. The highest BCUT2D eigenvalue weighted by atomic mass is 16.6. The third-order valence-corrected chi connectivity index (χ3v) is 11.8. The van der Waals surface area contributed by atoms with Crippen molar-refractivity contribution in [3.8, 4) is 0 Å². The molecular weight excluding hydrogens is 452 g/mol. The predicted molar refractivity (Wildman–Crippen MR) is 139 cm³/mol. The van der Waals surface area contributed by atoms with Crippen LogP contribution in [0, 0.1) is 45.3 Å². The molecule has 10 atom stereocenters. The molecule has 1 aliphatic heterocycles. The van der Waals surface area contributed by atoms with Crippen LogP contribution in [0.25, 0.3) is 0 Å². The van der Waals surface area contributed by atoms with Gasteiger partial charge in [0.05, 0.1) is 18.1 Å². The maximum Gasteiger partial charge on any atom is 0.309 e. The first-order valence-electron chi connectivity index (χ1n) is 14.0. The van der Waals surface area contributed by atoms with Crippen molar-refractivity contribution in [2.45, 2.75) is 105 Å². The van der Waals surface area contributed by atoms with Crippen LogP contribution >= 0.6 is 0 Å². The van der Waals surface area contributed by atoms with Gasteiger partial charge in [0.2, 0.25) is 0 Å². The molecule has 0 bridgehead atoms. The number of carbonyl (C=O) groups excluding carboxylic acids is 2. The molecule has 0 unspecified atom stereocenters. The van der Waals surface area contributed by atoms with Crippen molar-refractivity contribution in [1.82, 2.24) is 0 Å². The summed E-state index contributed by atoms with van der Waals surface area (Å²) >= 11 is 0. The molecule has 5 nitrogen and oxygen atoms in total. The fourth-order valence-electron chi connectivity index (χ4n) is 10.3. The normalized spacial score (nSPS) is 48.8. The minimum absolute atomic E-state index is 0.0268. The molecular formula is C31H46O5. The van der Waals surface area contributed by atoms with Crippen LogP contribution in [0.5, 0.6) is 0 Å². The first-order chi connectivity index (χ1) is 16.7. The summed E-state index contributed by atoms with van der Waals surface area (Å²) in [6.07, 6.45) is 8.29. The molecule has 0 aromatic carbocycles. The Morgan fingerprint density at radius 2 is 1.86 bits per heavy atom. The summed E-state index contributed by atoms with van der Waals surface area (Å²) in [5.41, 5.74) is 1.47. The number of hydrogen-bond acceptors (Lipinski definition) is 5. The fraction of sp³-hybridized carbons (Fsp3) is 0.806. The Hall–Kier alpha value is -1.46. The summed E-state index contributed by atoms with van der Waals surface area (Å²) in [5, 5.41) is 11.2. The molecule has 200 valence electrons. The number of hydrogen-bond donors (Lipinski definition) is 1. The molecule has 5 aliphatic rings. The zero-order valence-electron chi connectivity index (χ0n) is 23.5. The van der Waals surface area contributed by atoms with Gasteiger partial charge in [-0.3, -0.25) is 9.59 Å². The van der Waals surface area contributed by atoms with Gasteiger partial charge in [0.15, 0.2) is 5.78 Å². The summed E-state index contributed by atoms with van der Waals surface area (Å²) in [4.78, 5) is 26.9. The van der Waals surface area contributed by atoms with Gasteiger partial charge in [-0.25, -0.2) is 0 Å². The van der Waals surface area contributed by atoms with E-state index in [-0.39, 0.29) is 63.9 Å². The number of aliphatic hydroxyl groups is 1. The van der Waals surface area contributed by atoms with Crippen LogP contribution < -0.4 is 0 Å². The lowest BCUT2D eigenvalue weighted by atomic mass is 9.40. The number of rotatable bonds is 4. The fourth-order valence-corrected chi connectivity index (χ4v) is 10.3. The molecule has 3 saturated carbocycles. The van der Waals surface area contributed by atoms with E-state index in [0.29, 0.717) is 6.42 Å². The van der Waals surface area contributed by atoms with Crippen LogP contribution in [-0.4, -0.2) is 42.3 Å². The number of esters is 1. The molecule has 0 aromatic rings. The Labute approximate surface area is 217 Å². The van der Waals surface area contributed by atoms with Crippen molar-refractivity contribution in [3.63, 3.8) is 0 Å². The minimum atomic E-state index is -0.595. The van der Waals surface area contributed by atoms with Crippen molar-refractivity contribution in [2.24, 2.45) is 45.3 Å². The van der Waals surface area contributed by atoms with E-state index in [1.165, 1.54) is 11.1 Å². The molecule has 5 rings (SSSR count). The largest absolute Gasteiger partial charge is 0.462 e. The van der Waals surface area contributed by atoms with Gasteiger partial charge in [-0.05, 0) is 80.6 Å². The Morgan fingerprint density at radius 3 is 2.50 bits per heavy atom. The van der Waals surface area contributed by atoms with Crippen molar-refractivity contribution in [2.75, 3.05) is 7.11 Å². The number of methoxy groups -OCH3 is 1. The van der Waals surface area contributed by atoms with Crippen molar-refractivity contribution in [1.29, 1.82) is 0 Å². The topological polar surface area (TPSA) is 72.8 Å². The van der Waals surface area contributed by atoms with E-state index in [0.717, 1.165) is 32.1 Å². The van der Waals surface area contributed by atoms with Gasteiger partial charge < -0.3 is 14.6 Å². The monoisotopic (exact) mass is 498 g/mol. The van der Waals surface area contributed by atoms with Crippen LogP contribution in [-0.2, 0) is 19.1 Å². The van der Waals surface area contributed by atoms with Gasteiger partial charge >= 0.3 is 5.97 Å². The Kier molecular flexibility index (Phi) is 6.01. The molecule has 1 heterocycles. The molecule has 0 spiro atoms. The second kappa shape index (κ2) is 8.27. The lowest BCUT2D eigenvalue weighted by Gasteiger charge is -2.64. The number of ether oxygens (including phenoxy) is 2. The Balaban J connectivity index is 1.54. The maximum absolute atomic E-state index is 14.0. The van der Waals surface area contributed by atoms with Gasteiger partial charge in [0, 0.05) is 24.4 Å². The van der Waals surface area contributed by atoms with Crippen molar-refractivity contribution in [3.05, 3.63) is 23.3 Å². The predicted octanol–water partition coefficient (Wildman–Crippen LogP) is 5.65. The number of aliphatic hydroxyl groups excluding tert-OH is 1. The van der Waals surface area contributed by atoms with E-state index in [1.54, 1.807) is 7.11 Å². The Bertz CT molecular complexity index is 1020. The summed E-state index contributed by atoms with van der Waals surface area (Å²) in [5.74, 6) is 0.326. The highest BCUT2D eigenvalue weighted by molar-refractivity contribution is 5.95. The number of fused-ring (bicyclic) bond motifs is 7. The van der Waals surface area contributed by atoms with E-state index in [2.05, 4.69) is 54.5 Å². The van der Waals surface area contributed by atoms with Gasteiger partial charge in [0.25, 0.3) is 0 Å². The van der Waals surface area contributed by atoms with Gasteiger partial charge in [0.1, 0.15) is 6.10 Å². The maximum atomic E-state index is 14.0. The number of carbonyl (C=O) groups is 2. The van der Waals surface area contributed by atoms with Crippen LogP contribution in [0.15, 0.2) is 23.3 Å². The standard InChI is InChI=1S/C31H46O5/c1-17(2)10-9-11-18-24-23(36-27(18)34)16-31(7)20-14-21(32)25-28(3,4)26(35-8)22(33)15-29(25,5)19(20)12-13-30(24,31)6/h10,14,18-19,22-26,33H,9,11-13,15-16H2,1-8H3/t18-,19+,22-,23+,24-,25+,26+,29-,30+,31-/m1/s1. The first-order valence-corrected chi connectivity index (χ1v) is 14.0. The Morgan fingerprint density at radius 1 is 1.17 bits per heavy atom. The third-order valence-electron chi connectivity index (χ3n) is 11.8. The summed E-state index contributed by atoms with van der Waals surface area (Å²) in [6, 6.07) is 0. The molecule has 36 heavy (non-hydrogen) atoms. The van der Waals surface area contributed by atoms with Gasteiger partial charge in [-0.2, -0.15) is 0 Å². The van der Waals surface area contributed by atoms with Crippen LogP contribution in [0.3, 0.4) is 0 Å². The smallest absolute Gasteiger partial charge is 0.309 e. The van der Waals surface area contributed by atoms with E-state index < -0.39 is 11.5 Å². The first kappa shape index (κ1) is 26.2. The SMILES string of the molecule is CO[C@H]1[C@H](O)C[C@]2(C)[C@H]3CC[C@@]4(C)[C@H]5[C@H](C[C@]4(C)C3=CC(=O)[C@H]2C1(C)C)OC(=O)[C@@H]5CCC=C(C)C. The average molecular weight is 499 g/mol. The van der Waals surface area contributed by atoms with Gasteiger partial charge in [-0.15, -0.1) is 0 Å². The average Bonchev–Trinajstić information content (AvgIpc) is 3.16. The van der Waals surface area contributed by atoms with Crippen LogP contribution in [0.1, 0.15) is 87.0 Å². The second-order valence-corrected chi connectivity index (χ2v) is 14.2. The lowest BCUT2D eigenvalue weighted by molar-refractivity contribution is -0.193. The van der Waals surface area contributed by atoms with Crippen molar-refractivity contribution >= 4 is 11.8 Å². The molecule has 1 saturated heterocycles. The molecule has 4 aliphatic carbocycles. The van der Waals surface area contributed by atoms with Crippen molar-refractivity contribution < 1.29 is 24.2 Å². The number of allylic oxidation sites excluding steroid dienone is 4. The van der Waals surface area contributed by atoms with Gasteiger partial charge in [-0.1, -0.05) is 51.8 Å². The molecule has 1 N–H and O–H groups in total. The van der Waals surface area contributed by atoms with E-state index in [4.69, 9.17) is 9.47 Å². The summed E-state index contributed by atoms with van der Waals surface area (Å²) in [7, 11) is 1.65. The zero-order chi connectivity index (χ0) is 26.4. The zero-order valence-corrected chi connectivity index (χ0v) is 23.5.